The van der Waals surface area contributed by atoms with Crippen LogP contribution >= 0.6 is 0 Å². The highest BCUT2D eigenvalue weighted by Gasteiger charge is 2.24. The van der Waals surface area contributed by atoms with Crippen LogP contribution in [-0.2, 0) is 11.2 Å². The molecule has 1 aromatic carbocycles. The summed E-state index contributed by atoms with van der Waals surface area (Å²) >= 11 is 0. The predicted molar refractivity (Wildman–Crippen MR) is 95.1 cm³/mol. The maximum Gasteiger partial charge on any atom is 0.317 e. The van der Waals surface area contributed by atoms with Gasteiger partial charge in [-0.3, -0.25) is 4.79 Å². The van der Waals surface area contributed by atoms with E-state index in [2.05, 4.69) is 11.4 Å². The van der Waals surface area contributed by atoms with E-state index in [1.165, 1.54) is 24.8 Å². The van der Waals surface area contributed by atoms with Crippen molar-refractivity contribution in [1.82, 2.24) is 10.2 Å². The number of anilines is 1. The molecule has 1 aliphatic carbocycles. The molecule has 0 aromatic heterocycles. The summed E-state index contributed by atoms with van der Waals surface area (Å²) in [4.78, 5) is 28.0. The fourth-order valence-electron chi connectivity index (χ4n) is 3.45. The molecule has 0 unspecified atom stereocenters. The van der Waals surface area contributed by atoms with Crippen molar-refractivity contribution < 1.29 is 9.59 Å². The van der Waals surface area contributed by atoms with E-state index < -0.39 is 0 Å². The standard InChI is InChI=1S/C19H27N3O2/c1-21(14-15-6-4-7-15)19(24)20-12-5-10-18(23)22-13-11-16-8-2-3-9-17(16)22/h2-3,8-9,15H,4-7,10-14H2,1H3,(H,20,24). The summed E-state index contributed by atoms with van der Waals surface area (Å²) < 4.78 is 0. The molecule has 0 saturated heterocycles. The monoisotopic (exact) mass is 329 g/mol. The Labute approximate surface area is 144 Å². The molecule has 0 atom stereocenters. The molecule has 2 aliphatic rings. The van der Waals surface area contributed by atoms with E-state index in [4.69, 9.17) is 0 Å². The fourth-order valence-corrected chi connectivity index (χ4v) is 3.45. The average molecular weight is 329 g/mol. The van der Waals surface area contributed by atoms with Gasteiger partial charge in [0.05, 0.1) is 0 Å². The molecule has 130 valence electrons. The van der Waals surface area contributed by atoms with Crippen molar-refractivity contribution in [3.8, 4) is 0 Å². The summed E-state index contributed by atoms with van der Waals surface area (Å²) in [5, 5.41) is 2.92. The lowest BCUT2D eigenvalue weighted by molar-refractivity contribution is -0.118. The van der Waals surface area contributed by atoms with Gasteiger partial charge >= 0.3 is 6.03 Å². The van der Waals surface area contributed by atoms with Gasteiger partial charge in [0.25, 0.3) is 0 Å². The van der Waals surface area contributed by atoms with Gasteiger partial charge in [-0.2, -0.15) is 0 Å². The maximum absolute atomic E-state index is 12.4. The van der Waals surface area contributed by atoms with Gasteiger partial charge in [0.15, 0.2) is 0 Å². The van der Waals surface area contributed by atoms with Gasteiger partial charge in [0.2, 0.25) is 5.91 Å². The first-order valence-electron chi connectivity index (χ1n) is 9.02. The molecule has 1 N–H and O–H groups in total. The molecule has 5 heteroatoms. The molecule has 0 radical (unpaired) electrons. The lowest BCUT2D eigenvalue weighted by Gasteiger charge is -2.30. The topological polar surface area (TPSA) is 52.7 Å². The van der Waals surface area contributed by atoms with Crippen molar-refractivity contribution in [1.29, 1.82) is 0 Å². The Bertz CT molecular complexity index is 598. The van der Waals surface area contributed by atoms with Crippen molar-refractivity contribution in [2.45, 2.75) is 38.5 Å². The zero-order valence-electron chi connectivity index (χ0n) is 14.5. The highest BCUT2D eigenvalue weighted by Crippen LogP contribution is 2.28. The third-order valence-corrected chi connectivity index (χ3v) is 5.14. The summed E-state index contributed by atoms with van der Waals surface area (Å²) in [7, 11) is 1.85. The van der Waals surface area contributed by atoms with Crippen LogP contribution in [0.3, 0.4) is 0 Å². The third kappa shape index (κ3) is 3.89. The second-order valence-corrected chi connectivity index (χ2v) is 6.94. The zero-order valence-corrected chi connectivity index (χ0v) is 14.5. The number of carbonyl (C=O) groups excluding carboxylic acids is 2. The molecular formula is C19H27N3O2. The molecule has 1 aromatic rings. The largest absolute Gasteiger partial charge is 0.338 e. The van der Waals surface area contributed by atoms with Crippen molar-refractivity contribution >= 4 is 17.6 Å². The minimum absolute atomic E-state index is 0.0270. The number of amides is 3. The van der Waals surface area contributed by atoms with Crippen LogP contribution < -0.4 is 10.2 Å². The molecule has 1 aliphatic heterocycles. The molecule has 1 heterocycles. The first kappa shape index (κ1) is 16.8. The second kappa shape index (κ2) is 7.69. The van der Waals surface area contributed by atoms with Crippen LogP contribution in [0.5, 0.6) is 0 Å². The Morgan fingerprint density at radius 3 is 2.83 bits per heavy atom. The minimum Gasteiger partial charge on any atom is -0.338 e. The smallest absolute Gasteiger partial charge is 0.317 e. The number of hydrogen-bond acceptors (Lipinski definition) is 2. The molecule has 3 rings (SSSR count). The lowest BCUT2D eigenvalue weighted by atomic mass is 9.85. The predicted octanol–water partition coefficient (Wildman–Crippen LogP) is 2.80. The van der Waals surface area contributed by atoms with Crippen LogP contribution in [0, 0.1) is 5.92 Å². The Morgan fingerprint density at radius 2 is 2.08 bits per heavy atom. The molecule has 1 saturated carbocycles. The van der Waals surface area contributed by atoms with Gasteiger partial charge < -0.3 is 15.1 Å². The van der Waals surface area contributed by atoms with Gasteiger partial charge in [0, 0.05) is 38.8 Å². The van der Waals surface area contributed by atoms with Crippen molar-refractivity contribution in [3.63, 3.8) is 0 Å². The van der Waals surface area contributed by atoms with Crippen molar-refractivity contribution in [2.24, 2.45) is 5.92 Å². The highest BCUT2D eigenvalue weighted by molar-refractivity contribution is 5.95. The van der Waals surface area contributed by atoms with Crippen molar-refractivity contribution in [3.05, 3.63) is 29.8 Å². The molecule has 0 bridgehead atoms. The Balaban J connectivity index is 1.36. The number of urea groups is 1. The number of rotatable bonds is 6. The van der Waals surface area contributed by atoms with Gasteiger partial charge in [0.1, 0.15) is 0 Å². The minimum atomic E-state index is -0.0270. The Hall–Kier alpha value is -2.04. The quantitative estimate of drug-likeness (QED) is 0.816. The number of hydrogen-bond donors (Lipinski definition) is 1. The Morgan fingerprint density at radius 1 is 1.29 bits per heavy atom. The van der Waals surface area contributed by atoms with E-state index in [1.54, 1.807) is 4.90 Å². The SMILES string of the molecule is CN(CC1CCC1)C(=O)NCCCC(=O)N1CCc2ccccc21. The van der Waals surface area contributed by atoms with Crippen LogP contribution in [-0.4, -0.2) is 43.5 Å². The van der Waals surface area contributed by atoms with Crippen LogP contribution in [0.15, 0.2) is 24.3 Å². The molecule has 3 amide bonds. The average Bonchev–Trinajstić information content (AvgIpc) is 2.98. The number of nitrogens with zero attached hydrogens (tertiary/aromatic N) is 2. The van der Waals surface area contributed by atoms with Crippen LogP contribution in [0.25, 0.3) is 0 Å². The second-order valence-electron chi connectivity index (χ2n) is 6.94. The number of fused-ring (bicyclic) bond motifs is 1. The van der Waals surface area contributed by atoms with E-state index in [9.17, 15) is 9.59 Å². The fraction of sp³-hybridized carbons (Fsp3) is 0.579. The van der Waals surface area contributed by atoms with E-state index >= 15 is 0 Å². The number of para-hydroxylation sites is 1. The molecule has 0 spiro atoms. The van der Waals surface area contributed by atoms with Gasteiger partial charge in [-0.1, -0.05) is 24.6 Å². The summed E-state index contributed by atoms with van der Waals surface area (Å²) in [6.07, 6.45) is 5.86. The van der Waals surface area contributed by atoms with Gasteiger partial charge in [-0.25, -0.2) is 4.79 Å². The van der Waals surface area contributed by atoms with E-state index in [-0.39, 0.29) is 11.9 Å². The molecule has 24 heavy (non-hydrogen) atoms. The van der Waals surface area contributed by atoms with E-state index in [1.807, 2.05) is 30.1 Å². The van der Waals surface area contributed by atoms with Crippen LogP contribution in [0.1, 0.15) is 37.7 Å². The van der Waals surface area contributed by atoms with Gasteiger partial charge in [-0.05, 0) is 43.2 Å². The van der Waals surface area contributed by atoms with Crippen LogP contribution in [0.2, 0.25) is 0 Å². The van der Waals surface area contributed by atoms with Crippen LogP contribution in [0.4, 0.5) is 10.5 Å². The highest BCUT2D eigenvalue weighted by atomic mass is 16.2. The molecule has 1 fully saturated rings. The number of benzene rings is 1. The zero-order chi connectivity index (χ0) is 16.9. The summed E-state index contributed by atoms with van der Waals surface area (Å²) in [6.45, 7) is 2.17. The first-order chi connectivity index (χ1) is 11.6. The lowest BCUT2D eigenvalue weighted by Crippen LogP contribution is -2.41. The van der Waals surface area contributed by atoms with E-state index in [0.29, 0.717) is 25.3 Å². The Kier molecular flexibility index (Phi) is 5.38. The molecule has 5 nitrogen and oxygen atoms in total. The third-order valence-electron chi connectivity index (χ3n) is 5.14. The van der Waals surface area contributed by atoms with Gasteiger partial charge in [-0.15, -0.1) is 0 Å². The van der Waals surface area contributed by atoms with E-state index in [0.717, 1.165) is 25.2 Å². The normalized spacial score (nSPS) is 16.5. The van der Waals surface area contributed by atoms with Crippen molar-refractivity contribution in [2.75, 3.05) is 31.6 Å². The molecular weight excluding hydrogens is 302 g/mol. The maximum atomic E-state index is 12.4. The first-order valence-corrected chi connectivity index (χ1v) is 9.02. The summed E-state index contributed by atoms with van der Waals surface area (Å²) in [5.74, 6) is 0.828. The summed E-state index contributed by atoms with van der Waals surface area (Å²) in [5.41, 5.74) is 2.29. The summed E-state index contributed by atoms with van der Waals surface area (Å²) in [6, 6.07) is 8.06. The number of carbonyl (C=O) groups is 2. The number of nitrogens with one attached hydrogen (secondary N) is 1.